The quantitative estimate of drug-likeness (QED) is 0.680. The van der Waals surface area contributed by atoms with Crippen molar-refractivity contribution in [1.29, 1.82) is 0 Å². The molecule has 108 valence electrons. The lowest BCUT2D eigenvalue weighted by Gasteiger charge is -2.19. The first-order valence-electron chi connectivity index (χ1n) is 7.11. The van der Waals surface area contributed by atoms with E-state index in [1.165, 1.54) is 25.0 Å². The normalized spacial score (nSPS) is 12.7. The number of rotatable bonds is 5. The third kappa shape index (κ3) is 3.18. The first-order chi connectivity index (χ1) is 10.3. The molecule has 0 saturated heterocycles. The average molecular weight is 361 g/mol. The van der Waals surface area contributed by atoms with E-state index in [1.807, 2.05) is 12.4 Å². The second-order valence-electron chi connectivity index (χ2n) is 4.97. The van der Waals surface area contributed by atoms with Crippen LogP contribution in [0.3, 0.4) is 0 Å². The molecule has 0 aliphatic carbocycles. The van der Waals surface area contributed by atoms with E-state index >= 15 is 0 Å². The highest BCUT2D eigenvalue weighted by Gasteiger charge is 2.17. The van der Waals surface area contributed by atoms with Crippen LogP contribution in [-0.4, -0.2) is 11.5 Å². The minimum atomic E-state index is 0.229. The van der Waals surface area contributed by atoms with Gasteiger partial charge < -0.3 is 5.32 Å². The summed E-state index contributed by atoms with van der Waals surface area (Å²) in [5.41, 5.74) is 1.32. The van der Waals surface area contributed by atoms with Crippen LogP contribution < -0.4 is 5.32 Å². The Morgan fingerprint density at radius 2 is 2.14 bits per heavy atom. The Kier molecular flexibility index (Phi) is 4.68. The molecule has 0 radical (unpaired) electrons. The number of benzene rings is 1. The van der Waals surface area contributed by atoms with Crippen LogP contribution >= 0.6 is 27.3 Å². The average Bonchev–Trinajstić information content (AvgIpc) is 2.94. The summed E-state index contributed by atoms with van der Waals surface area (Å²) in [5.74, 6) is 0. The monoisotopic (exact) mass is 360 g/mol. The van der Waals surface area contributed by atoms with Gasteiger partial charge in [-0.3, -0.25) is 4.98 Å². The van der Waals surface area contributed by atoms with Gasteiger partial charge in [-0.1, -0.05) is 25.1 Å². The van der Waals surface area contributed by atoms with Crippen LogP contribution in [0.1, 0.15) is 29.8 Å². The zero-order valence-electron chi connectivity index (χ0n) is 11.8. The van der Waals surface area contributed by atoms with Crippen molar-refractivity contribution in [3.63, 3.8) is 0 Å². The van der Waals surface area contributed by atoms with Crippen LogP contribution in [0.25, 0.3) is 10.8 Å². The smallest absolute Gasteiger partial charge is 0.0702 e. The van der Waals surface area contributed by atoms with Crippen molar-refractivity contribution >= 4 is 38.0 Å². The van der Waals surface area contributed by atoms with E-state index in [9.17, 15) is 0 Å². The number of pyridine rings is 1. The lowest BCUT2D eigenvalue weighted by molar-refractivity contribution is 0.609. The zero-order valence-corrected chi connectivity index (χ0v) is 14.2. The lowest BCUT2D eigenvalue weighted by Crippen LogP contribution is -2.22. The van der Waals surface area contributed by atoms with Crippen LogP contribution in [0.5, 0.6) is 0 Å². The lowest BCUT2D eigenvalue weighted by atomic mass is 9.99. The van der Waals surface area contributed by atoms with Crippen LogP contribution in [0.15, 0.2) is 52.6 Å². The van der Waals surface area contributed by atoms with E-state index in [0.717, 1.165) is 13.0 Å². The molecule has 0 fully saturated rings. The molecule has 2 aromatic heterocycles. The predicted molar refractivity (Wildman–Crippen MR) is 93.9 cm³/mol. The molecule has 0 aliphatic rings. The van der Waals surface area contributed by atoms with Gasteiger partial charge in [0, 0.05) is 22.7 Å². The molecule has 0 amide bonds. The topological polar surface area (TPSA) is 24.9 Å². The molecule has 2 heterocycles. The van der Waals surface area contributed by atoms with Gasteiger partial charge in [-0.2, -0.15) is 0 Å². The molecule has 21 heavy (non-hydrogen) atoms. The maximum Gasteiger partial charge on any atom is 0.0702 e. The number of nitrogens with zero attached hydrogens (tertiary/aromatic N) is 1. The standard InChI is InChI=1S/C17H17BrN2S/c1-2-9-20-17(15-6-7-16(18)21-15)14-5-3-4-12-11-19-10-8-13(12)14/h3-8,10-11,17,20H,2,9H2,1H3. The van der Waals surface area contributed by atoms with E-state index < -0.39 is 0 Å². The highest BCUT2D eigenvalue weighted by Crippen LogP contribution is 2.34. The molecule has 1 N–H and O–H groups in total. The highest BCUT2D eigenvalue weighted by atomic mass is 79.9. The summed E-state index contributed by atoms with van der Waals surface area (Å²) in [6, 6.07) is 13.1. The fraction of sp³-hybridized carbons (Fsp3) is 0.235. The van der Waals surface area contributed by atoms with E-state index in [4.69, 9.17) is 0 Å². The summed E-state index contributed by atoms with van der Waals surface area (Å²) in [6.07, 6.45) is 4.92. The number of hydrogen-bond acceptors (Lipinski definition) is 3. The first-order valence-corrected chi connectivity index (χ1v) is 8.72. The molecule has 2 nitrogen and oxygen atoms in total. The summed E-state index contributed by atoms with van der Waals surface area (Å²) < 4.78 is 1.17. The number of thiophene rings is 1. The third-order valence-electron chi connectivity index (χ3n) is 3.50. The van der Waals surface area contributed by atoms with Crippen LogP contribution in [0.2, 0.25) is 0 Å². The molecule has 0 bridgehead atoms. The molecule has 3 rings (SSSR count). The van der Waals surface area contributed by atoms with Crippen molar-refractivity contribution < 1.29 is 0 Å². The van der Waals surface area contributed by atoms with Crippen molar-refractivity contribution in [3.8, 4) is 0 Å². The summed E-state index contributed by atoms with van der Waals surface area (Å²) in [5, 5.41) is 6.13. The van der Waals surface area contributed by atoms with Crippen molar-refractivity contribution in [3.05, 3.63) is 63.0 Å². The Hall–Kier alpha value is -1.23. The van der Waals surface area contributed by atoms with E-state index in [-0.39, 0.29) is 6.04 Å². The fourth-order valence-electron chi connectivity index (χ4n) is 2.54. The van der Waals surface area contributed by atoms with E-state index in [2.05, 4.69) is 69.6 Å². The minimum Gasteiger partial charge on any atom is -0.306 e. The van der Waals surface area contributed by atoms with Gasteiger partial charge in [-0.15, -0.1) is 11.3 Å². The largest absolute Gasteiger partial charge is 0.306 e. The molecule has 4 heteroatoms. The van der Waals surface area contributed by atoms with Crippen molar-refractivity contribution in [1.82, 2.24) is 10.3 Å². The maximum atomic E-state index is 4.23. The summed E-state index contributed by atoms with van der Waals surface area (Å²) in [7, 11) is 0. The number of aromatic nitrogens is 1. The van der Waals surface area contributed by atoms with Gasteiger partial charge in [0.15, 0.2) is 0 Å². The second kappa shape index (κ2) is 6.69. The molecule has 0 spiro atoms. The second-order valence-corrected chi connectivity index (χ2v) is 7.47. The maximum absolute atomic E-state index is 4.23. The van der Waals surface area contributed by atoms with Gasteiger partial charge in [0.1, 0.15) is 0 Å². The van der Waals surface area contributed by atoms with Crippen LogP contribution in [-0.2, 0) is 0 Å². The fourth-order valence-corrected chi connectivity index (χ4v) is 4.05. The minimum absolute atomic E-state index is 0.229. The van der Waals surface area contributed by atoms with E-state index in [1.54, 1.807) is 11.3 Å². The number of hydrogen-bond donors (Lipinski definition) is 1. The molecular weight excluding hydrogens is 344 g/mol. The van der Waals surface area contributed by atoms with Gasteiger partial charge >= 0.3 is 0 Å². The predicted octanol–water partition coefficient (Wildman–Crippen LogP) is 5.15. The molecule has 0 saturated carbocycles. The Bertz CT molecular complexity index is 733. The van der Waals surface area contributed by atoms with Crippen LogP contribution in [0, 0.1) is 0 Å². The van der Waals surface area contributed by atoms with Gasteiger partial charge in [0.25, 0.3) is 0 Å². The Balaban J connectivity index is 2.09. The van der Waals surface area contributed by atoms with Crippen molar-refractivity contribution in [2.24, 2.45) is 0 Å². The Morgan fingerprint density at radius 3 is 2.90 bits per heavy atom. The van der Waals surface area contributed by atoms with E-state index in [0.29, 0.717) is 0 Å². The van der Waals surface area contributed by atoms with Gasteiger partial charge in [0.2, 0.25) is 0 Å². The van der Waals surface area contributed by atoms with Gasteiger partial charge in [-0.25, -0.2) is 0 Å². The molecule has 1 atom stereocenters. The first kappa shape index (κ1) is 14.7. The van der Waals surface area contributed by atoms with Gasteiger partial charge in [-0.05, 0) is 58.0 Å². The van der Waals surface area contributed by atoms with Gasteiger partial charge in [0.05, 0.1) is 9.83 Å². The number of nitrogens with one attached hydrogen (secondary N) is 1. The Labute approximate surface area is 137 Å². The SMILES string of the molecule is CCCNC(c1ccc(Br)s1)c1cccc2cnccc12. The molecular formula is C17H17BrN2S. The highest BCUT2D eigenvalue weighted by molar-refractivity contribution is 9.11. The zero-order chi connectivity index (χ0) is 14.7. The van der Waals surface area contributed by atoms with Crippen LogP contribution in [0.4, 0.5) is 0 Å². The third-order valence-corrected chi connectivity index (χ3v) is 5.19. The molecule has 3 aromatic rings. The Morgan fingerprint density at radius 1 is 1.24 bits per heavy atom. The van der Waals surface area contributed by atoms with Crippen molar-refractivity contribution in [2.45, 2.75) is 19.4 Å². The molecule has 1 unspecified atom stereocenters. The van der Waals surface area contributed by atoms with Crippen molar-refractivity contribution in [2.75, 3.05) is 6.54 Å². The molecule has 0 aliphatic heterocycles. The number of fused-ring (bicyclic) bond motifs is 1. The summed E-state index contributed by atoms with van der Waals surface area (Å²) >= 11 is 5.36. The summed E-state index contributed by atoms with van der Waals surface area (Å²) in [6.45, 7) is 3.20. The number of halogens is 1. The summed E-state index contributed by atoms with van der Waals surface area (Å²) in [4.78, 5) is 5.56. The molecule has 1 aromatic carbocycles.